The molecule has 12 rings (SSSR count). The quantitative estimate of drug-likeness (QED) is 0.155. The second-order valence-electron chi connectivity index (χ2n) is 15.9. The molecule has 0 aliphatic heterocycles. The Morgan fingerprint density at radius 3 is 1.69 bits per heavy atom. The maximum atomic E-state index is 2.53. The zero-order chi connectivity index (χ0) is 40.3. The number of benzene rings is 10. The van der Waals surface area contributed by atoms with Gasteiger partial charge in [0.25, 0.3) is 0 Å². The molecule has 286 valence electrons. The molecule has 0 atom stereocenters. The molecule has 10 aromatic carbocycles. The third kappa shape index (κ3) is 5.46. The summed E-state index contributed by atoms with van der Waals surface area (Å²) in [5.74, 6) is 0. The van der Waals surface area contributed by atoms with E-state index in [-0.39, 0.29) is 0 Å². The smallest absolute Gasteiger partial charge is 0.0714 e. The van der Waals surface area contributed by atoms with E-state index in [1.807, 2.05) is 11.3 Å². The van der Waals surface area contributed by atoms with Gasteiger partial charge >= 0.3 is 0 Å². The van der Waals surface area contributed by atoms with E-state index in [0.717, 1.165) is 17.1 Å². The molecule has 1 aliphatic carbocycles. The first-order valence-electron chi connectivity index (χ1n) is 21.0. The minimum atomic E-state index is -0.520. The van der Waals surface area contributed by atoms with Crippen LogP contribution in [0.4, 0.5) is 17.1 Å². The molecule has 0 bridgehead atoms. The molecule has 0 amide bonds. The lowest BCUT2D eigenvalue weighted by molar-refractivity contribution is 0.768. The molecule has 1 heterocycles. The average Bonchev–Trinajstić information content (AvgIpc) is 3.87. The predicted molar refractivity (Wildman–Crippen MR) is 260 cm³/mol. The number of nitrogens with zero attached hydrogens (tertiary/aromatic N) is 1. The van der Waals surface area contributed by atoms with E-state index in [0.29, 0.717) is 0 Å². The van der Waals surface area contributed by atoms with Crippen LogP contribution in [0.25, 0.3) is 64.3 Å². The molecule has 0 saturated heterocycles. The van der Waals surface area contributed by atoms with E-state index >= 15 is 0 Å². The maximum absolute atomic E-state index is 2.53. The highest BCUT2D eigenvalue weighted by Gasteiger charge is 2.47. The summed E-state index contributed by atoms with van der Waals surface area (Å²) in [5, 5.41) is 5.07. The van der Waals surface area contributed by atoms with Crippen molar-refractivity contribution in [1.29, 1.82) is 0 Å². The molecule has 0 spiro atoms. The van der Waals surface area contributed by atoms with Crippen LogP contribution in [0, 0.1) is 0 Å². The number of rotatable bonds is 7. The number of thiophene rings is 1. The Bertz CT molecular complexity index is 3360. The molecule has 0 unspecified atom stereocenters. The zero-order valence-electron chi connectivity index (χ0n) is 33.4. The third-order valence-electron chi connectivity index (χ3n) is 12.8. The van der Waals surface area contributed by atoms with Gasteiger partial charge in [-0.05, 0) is 91.7 Å². The van der Waals surface area contributed by atoms with Crippen LogP contribution < -0.4 is 4.90 Å². The molecular formula is C59H39NS. The second-order valence-corrected chi connectivity index (χ2v) is 17.0. The molecule has 1 nitrogen and oxygen atoms in total. The summed E-state index contributed by atoms with van der Waals surface area (Å²) < 4.78 is 2.63. The van der Waals surface area contributed by atoms with Crippen molar-refractivity contribution in [3.05, 3.63) is 259 Å². The largest absolute Gasteiger partial charge is 0.309 e. The molecule has 1 aromatic heterocycles. The van der Waals surface area contributed by atoms with Crippen LogP contribution in [-0.2, 0) is 5.41 Å². The van der Waals surface area contributed by atoms with Crippen LogP contribution in [0.2, 0.25) is 0 Å². The van der Waals surface area contributed by atoms with Crippen LogP contribution in [0.15, 0.2) is 237 Å². The van der Waals surface area contributed by atoms with Crippen molar-refractivity contribution in [3.8, 4) is 33.4 Å². The Morgan fingerprint density at radius 2 is 0.918 bits per heavy atom. The summed E-state index contributed by atoms with van der Waals surface area (Å²) in [5.41, 5.74) is 15.3. The van der Waals surface area contributed by atoms with Gasteiger partial charge in [0, 0.05) is 37.0 Å². The van der Waals surface area contributed by atoms with Gasteiger partial charge in [-0.25, -0.2) is 0 Å². The van der Waals surface area contributed by atoms with Gasteiger partial charge in [0.2, 0.25) is 0 Å². The highest BCUT2D eigenvalue weighted by Crippen LogP contribution is 2.60. The zero-order valence-corrected chi connectivity index (χ0v) is 34.2. The standard InChI is InChI=1S/C59H39NS/c1-4-19-42(20-5-1)56-46-25-11-10-18-40(46)36-39-53(56)60(45-37-34-41(35-38-45)47-28-16-33-55-57(47)49-27-13-15-32-54(49)61-55)52-31-17-30-51-58(52)48-26-12-14-29-50(48)59(51,43-21-6-2-7-22-43)44-23-8-3-9-24-44/h1-39H. The van der Waals surface area contributed by atoms with Crippen molar-refractivity contribution in [3.63, 3.8) is 0 Å². The maximum Gasteiger partial charge on any atom is 0.0714 e. The first-order valence-corrected chi connectivity index (χ1v) is 21.8. The highest BCUT2D eigenvalue weighted by atomic mass is 32.1. The van der Waals surface area contributed by atoms with Gasteiger partial charge < -0.3 is 4.90 Å². The fraction of sp³-hybridized carbons (Fsp3) is 0.0169. The van der Waals surface area contributed by atoms with Gasteiger partial charge in [0.05, 0.1) is 16.8 Å². The van der Waals surface area contributed by atoms with Crippen LogP contribution in [0.5, 0.6) is 0 Å². The second kappa shape index (κ2) is 14.3. The van der Waals surface area contributed by atoms with Gasteiger partial charge in [-0.15, -0.1) is 11.3 Å². The Balaban J connectivity index is 1.15. The summed E-state index contributed by atoms with van der Waals surface area (Å²) >= 11 is 1.87. The SMILES string of the molecule is c1ccc(-c2c(N(c3ccc(-c4cccc5sc6ccccc6c45)cc3)c3cccc4c3-c3ccccc3C4(c3ccccc3)c3ccccc3)ccc3ccccc23)cc1. The van der Waals surface area contributed by atoms with E-state index in [4.69, 9.17) is 0 Å². The number of fused-ring (bicyclic) bond motifs is 7. The van der Waals surface area contributed by atoms with E-state index in [1.54, 1.807) is 0 Å². The molecule has 2 heteroatoms. The third-order valence-corrected chi connectivity index (χ3v) is 13.9. The molecule has 0 N–H and O–H groups in total. The van der Waals surface area contributed by atoms with Crippen molar-refractivity contribution < 1.29 is 0 Å². The Morgan fingerprint density at radius 1 is 0.344 bits per heavy atom. The topological polar surface area (TPSA) is 3.24 Å². The van der Waals surface area contributed by atoms with Crippen LogP contribution in [-0.4, -0.2) is 0 Å². The van der Waals surface area contributed by atoms with Crippen LogP contribution in [0.1, 0.15) is 22.3 Å². The van der Waals surface area contributed by atoms with Crippen molar-refractivity contribution in [2.24, 2.45) is 0 Å². The summed E-state index contributed by atoms with van der Waals surface area (Å²) in [6.45, 7) is 0. The minimum Gasteiger partial charge on any atom is -0.309 e. The fourth-order valence-electron chi connectivity index (χ4n) is 10.2. The van der Waals surface area contributed by atoms with Crippen LogP contribution >= 0.6 is 11.3 Å². The summed E-state index contributed by atoms with van der Waals surface area (Å²) in [7, 11) is 0. The van der Waals surface area contributed by atoms with Gasteiger partial charge in [-0.1, -0.05) is 200 Å². The number of hydrogen-bond donors (Lipinski definition) is 0. The molecule has 11 aromatic rings. The van der Waals surface area contributed by atoms with Crippen molar-refractivity contribution >= 4 is 59.3 Å². The predicted octanol–water partition coefficient (Wildman–Crippen LogP) is 16.4. The minimum absolute atomic E-state index is 0.520. The molecule has 0 saturated carbocycles. The van der Waals surface area contributed by atoms with Crippen molar-refractivity contribution in [2.45, 2.75) is 5.41 Å². The molecule has 0 fully saturated rings. The lowest BCUT2D eigenvalue weighted by atomic mass is 9.68. The number of hydrogen-bond acceptors (Lipinski definition) is 2. The van der Waals surface area contributed by atoms with E-state index in [9.17, 15) is 0 Å². The average molecular weight is 794 g/mol. The van der Waals surface area contributed by atoms with Gasteiger partial charge in [0.1, 0.15) is 0 Å². The summed E-state index contributed by atoms with van der Waals surface area (Å²) in [6.07, 6.45) is 0. The summed E-state index contributed by atoms with van der Waals surface area (Å²) in [6, 6.07) is 87.4. The highest BCUT2D eigenvalue weighted by molar-refractivity contribution is 7.25. The Labute approximate surface area is 360 Å². The monoisotopic (exact) mass is 793 g/mol. The lowest BCUT2D eigenvalue weighted by Crippen LogP contribution is -2.28. The first kappa shape index (κ1) is 35.4. The van der Waals surface area contributed by atoms with Gasteiger partial charge in [-0.2, -0.15) is 0 Å². The fourth-order valence-corrected chi connectivity index (χ4v) is 11.4. The first-order chi connectivity index (χ1) is 30.3. The molecule has 61 heavy (non-hydrogen) atoms. The molecular weight excluding hydrogens is 755 g/mol. The van der Waals surface area contributed by atoms with Gasteiger partial charge in [0.15, 0.2) is 0 Å². The van der Waals surface area contributed by atoms with E-state index in [2.05, 4.69) is 241 Å². The molecule has 0 radical (unpaired) electrons. The van der Waals surface area contributed by atoms with E-state index in [1.165, 1.54) is 86.6 Å². The normalized spacial score (nSPS) is 12.7. The molecule has 1 aliphatic rings. The summed E-state index contributed by atoms with van der Waals surface area (Å²) in [4.78, 5) is 2.53. The van der Waals surface area contributed by atoms with Gasteiger partial charge in [-0.3, -0.25) is 0 Å². The van der Waals surface area contributed by atoms with Crippen LogP contribution in [0.3, 0.4) is 0 Å². The lowest BCUT2D eigenvalue weighted by Gasteiger charge is -2.34. The number of anilines is 3. The van der Waals surface area contributed by atoms with Crippen molar-refractivity contribution in [2.75, 3.05) is 4.90 Å². The Kier molecular flexibility index (Phi) is 8.33. The van der Waals surface area contributed by atoms with Crippen molar-refractivity contribution in [1.82, 2.24) is 0 Å². The Hall–Kier alpha value is -7.52. The van der Waals surface area contributed by atoms with E-state index < -0.39 is 5.41 Å².